The van der Waals surface area contributed by atoms with E-state index in [1.54, 1.807) is 4.90 Å². The van der Waals surface area contributed by atoms with Crippen molar-refractivity contribution >= 4 is 12.0 Å². The van der Waals surface area contributed by atoms with Crippen LogP contribution in [0.2, 0.25) is 0 Å². The van der Waals surface area contributed by atoms with Gasteiger partial charge in [-0.1, -0.05) is 38.1 Å². The van der Waals surface area contributed by atoms with Crippen molar-refractivity contribution in [3.63, 3.8) is 0 Å². The molecule has 1 aliphatic heterocycles. The van der Waals surface area contributed by atoms with Gasteiger partial charge >= 0.3 is 12.0 Å². The van der Waals surface area contributed by atoms with E-state index in [0.717, 1.165) is 5.56 Å². The summed E-state index contributed by atoms with van der Waals surface area (Å²) in [5.74, 6) is -0.563. The first kappa shape index (κ1) is 18.8. The molecule has 1 saturated heterocycles. The van der Waals surface area contributed by atoms with Crippen LogP contribution in [0.15, 0.2) is 24.3 Å². The summed E-state index contributed by atoms with van der Waals surface area (Å²) in [6.45, 7) is 5.24. The Hall–Kier alpha value is -2.55. The van der Waals surface area contributed by atoms with E-state index in [9.17, 15) is 14.7 Å². The fourth-order valence-corrected chi connectivity index (χ4v) is 2.99. The molecule has 2 N–H and O–H groups in total. The zero-order valence-electron chi connectivity index (χ0n) is 14.7. The second-order valence-corrected chi connectivity index (χ2v) is 6.81. The molecule has 1 unspecified atom stereocenters. The van der Waals surface area contributed by atoms with Gasteiger partial charge in [-0.15, -0.1) is 0 Å². The van der Waals surface area contributed by atoms with Gasteiger partial charge in [0.1, 0.15) is 0 Å². The number of carbonyl (C=O) groups excluding carboxylic acids is 1. The van der Waals surface area contributed by atoms with Crippen molar-refractivity contribution in [2.24, 2.45) is 5.92 Å². The van der Waals surface area contributed by atoms with E-state index in [1.807, 2.05) is 24.3 Å². The second kappa shape index (κ2) is 8.52. The summed E-state index contributed by atoms with van der Waals surface area (Å²) in [4.78, 5) is 25.3. The summed E-state index contributed by atoms with van der Waals surface area (Å²) < 4.78 is 0. The molecule has 2 amide bonds. The number of aliphatic carboxylic acids is 1. The van der Waals surface area contributed by atoms with Crippen LogP contribution in [0.3, 0.4) is 0 Å². The lowest BCUT2D eigenvalue weighted by Crippen LogP contribution is -2.45. The molecule has 6 heteroatoms. The Kier molecular flexibility index (Phi) is 6.40. The maximum absolute atomic E-state index is 12.5. The Balaban J connectivity index is 2.06. The van der Waals surface area contributed by atoms with Crippen molar-refractivity contribution in [1.82, 2.24) is 10.2 Å². The van der Waals surface area contributed by atoms with Crippen LogP contribution in [0.5, 0.6) is 0 Å². The average molecular weight is 343 g/mol. The van der Waals surface area contributed by atoms with Gasteiger partial charge in [-0.3, -0.25) is 4.79 Å². The fourth-order valence-electron chi connectivity index (χ4n) is 2.99. The van der Waals surface area contributed by atoms with Gasteiger partial charge < -0.3 is 15.3 Å². The molecule has 1 atom stereocenters. The quantitative estimate of drug-likeness (QED) is 0.858. The molecule has 2 rings (SSSR count). The highest BCUT2D eigenvalue weighted by molar-refractivity contribution is 5.76. The van der Waals surface area contributed by atoms with Crippen LogP contribution in [0.25, 0.3) is 0 Å². The zero-order valence-corrected chi connectivity index (χ0v) is 14.7. The van der Waals surface area contributed by atoms with Crippen molar-refractivity contribution in [3.8, 4) is 6.07 Å². The number of piperidine rings is 1. The molecule has 0 saturated carbocycles. The first-order valence-electron chi connectivity index (χ1n) is 8.67. The van der Waals surface area contributed by atoms with Gasteiger partial charge in [-0.25, -0.2) is 4.79 Å². The molecule has 1 fully saturated rings. The Morgan fingerprint density at radius 2 is 1.80 bits per heavy atom. The molecule has 134 valence electrons. The summed E-state index contributed by atoms with van der Waals surface area (Å²) >= 11 is 0. The average Bonchev–Trinajstić information content (AvgIpc) is 2.61. The fraction of sp³-hybridized carbons (Fsp3) is 0.526. The third kappa shape index (κ3) is 5.21. The summed E-state index contributed by atoms with van der Waals surface area (Å²) in [5, 5.41) is 21.0. The lowest BCUT2D eigenvalue weighted by Gasteiger charge is -2.31. The van der Waals surface area contributed by atoms with Gasteiger partial charge in [-0.2, -0.15) is 5.26 Å². The number of benzene rings is 1. The summed E-state index contributed by atoms with van der Waals surface area (Å²) in [6, 6.07) is 9.10. The molecular formula is C19H25N3O3. The molecule has 1 aliphatic rings. The van der Waals surface area contributed by atoms with Crippen LogP contribution in [-0.2, 0) is 4.79 Å². The zero-order chi connectivity index (χ0) is 18.4. The molecular weight excluding hydrogens is 318 g/mol. The molecule has 1 heterocycles. The highest BCUT2D eigenvalue weighted by Crippen LogP contribution is 2.22. The lowest BCUT2D eigenvalue weighted by molar-refractivity contribution is -0.137. The molecule has 1 aromatic carbocycles. The molecule has 25 heavy (non-hydrogen) atoms. The topological polar surface area (TPSA) is 93.4 Å². The van der Waals surface area contributed by atoms with Crippen molar-refractivity contribution in [1.29, 1.82) is 5.26 Å². The SMILES string of the molecule is CC(C)c1ccc(C(CC(=O)O)NC(=O)N2CCC(C#N)CC2)cc1. The minimum absolute atomic E-state index is 0.00226. The van der Waals surface area contributed by atoms with Crippen LogP contribution >= 0.6 is 0 Å². The summed E-state index contributed by atoms with van der Waals surface area (Å²) in [6.07, 6.45) is 1.16. The molecule has 0 aliphatic carbocycles. The molecule has 0 radical (unpaired) electrons. The van der Waals surface area contributed by atoms with Crippen LogP contribution in [0.4, 0.5) is 4.79 Å². The summed E-state index contributed by atoms with van der Waals surface area (Å²) in [7, 11) is 0. The van der Waals surface area contributed by atoms with Crippen molar-refractivity contribution in [2.75, 3.05) is 13.1 Å². The maximum atomic E-state index is 12.5. The first-order valence-corrected chi connectivity index (χ1v) is 8.67. The minimum Gasteiger partial charge on any atom is -0.481 e. The number of likely N-dealkylation sites (tertiary alicyclic amines) is 1. The molecule has 6 nitrogen and oxygen atoms in total. The third-order valence-electron chi connectivity index (χ3n) is 4.65. The van der Waals surface area contributed by atoms with Crippen LogP contribution in [0.1, 0.15) is 56.2 Å². The number of amides is 2. The number of urea groups is 1. The Morgan fingerprint density at radius 1 is 1.24 bits per heavy atom. The third-order valence-corrected chi connectivity index (χ3v) is 4.65. The predicted molar refractivity (Wildman–Crippen MR) is 94.0 cm³/mol. The van der Waals surface area contributed by atoms with Gasteiger partial charge in [-0.05, 0) is 29.9 Å². The Bertz CT molecular complexity index is 641. The minimum atomic E-state index is -0.957. The molecule has 0 bridgehead atoms. The molecule has 0 spiro atoms. The highest BCUT2D eigenvalue weighted by Gasteiger charge is 2.25. The number of nitrogens with zero attached hydrogens (tertiary/aromatic N) is 2. The standard InChI is InChI=1S/C19H25N3O3/c1-13(2)15-3-5-16(6-4-15)17(11-18(23)24)21-19(25)22-9-7-14(12-20)8-10-22/h3-6,13-14,17H,7-11H2,1-2H3,(H,21,25)(H,23,24). The highest BCUT2D eigenvalue weighted by atomic mass is 16.4. The normalized spacial score (nSPS) is 16.3. The Morgan fingerprint density at radius 3 is 2.28 bits per heavy atom. The second-order valence-electron chi connectivity index (χ2n) is 6.81. The number of carboxylic acids is 1. The van der Waals surface area contributed by atoms with Gasteiger partial charge in [0.2, 0.25) is 0 Å². The number of rotatable bonds is 5. The van der Waals surface area contributed by atoms with E-state index in [2.05, 4.69) is 25.2 Å². The largest absolute Gasteiger partial charge is 0.481 e. The van der Waals surface area contributed by atoms with Gasteiger partial charge in [0, 0.05) is 19.0 Å². The summed E-state index contributed by atoms with van der Waals surface area (Å²) in [5.41, 5.74) is 1.95. The number of hydrogen-bond acceptors (Lipinski definition) is 3. The maximum Gasteiger partial charge on any atom is 0.317 e. The lowest BCUT2D eigenvalue weighted by atomic mass is 9.97. The molecule has 0 aromatic heterocycles. The van der Waals surface area contributed by atoms with E-state index in [0.29, 0.717) is 31.8 Å². The van der Waals surface area contributed by atoms with Crippen LogP contribution in [-0.4, -0.2) is 35.1 Å². The van der Waals surface area contributed by atoms with E-state index >= 15 is 0 Å². The van der Waals surface area contributed by atoms with Gasteiger partial charge in [0.05, 0.1) is 18.5 Å². The van der Waals surface area contributed by atoms with Gasteiger partial charge in [0.15, 0.2) is 0 Å². The van der Waals surface area contributed by atoms with Crippen molar-refractivity contribution in [3.05, 3.63) is 35.4 Å². The van der Waals surface area contributed by atoms with Crippen LogP contribution in [0, 0.1) is 17.2 Å². The number of nitrogens with one attached hydrogen (secondary N) is 1. The monoisotopic (exact) mass is 343 g/mol. The molecule has 1 aromatic rings. The number of nitriles is 1. The van der Waals surface area contributed by atoms with Crippen molar-refractivity contribution < 1.29 is 14.7 Å². The van der Waals surface area contributed by atoms with E-state index in [1.165, 1.54) is 5.56 Å². The first-order chi connectivity index (χ1) is 11.9. The smallest absolute Gasteiger partial charge is 0.317 e. The van der Waals surface area contributed by atoms with E-state index in [-0.39, 0.29) is 18.4 Å². The van der Waals surface area contributed by atoms with Crippen LogP contribution < -0.4 is 5.32 Å². The number of carboxylic acid groups (broad SMARTS) is 1. The Labute approximate surface area is 148 Å². The number of carbonyl (C=O) groups is 2. The van der Waals surface area contributed by atoms with Gasteiger partial charge in [0.25, 0.3) is 0 Å². The van der Waals surface area contributed by atoms with E-state index < -0.39 is 12.0 Å². The van der Waals surface area contributed by atoms with Crippen molar-refractivity contribution in [2.45, 2.75) is 45.1 Å². The van der Waals surface area contributed by atoms with E-state index in [4.69, 9.17) is 5.26 Å². The number of hydrogen-bond donors (Lipinski definition) is 2. The predicted octanol–water partition coefficient (Wildman–Crippen LogP) is 3.27.